The molecular weight excluding hydrogens is 585 g/mol. The number of sulfonamides is 1. The summed E-state index contributed by atoms with van der Waals surface area (Å²) in [6.45, 7) is 1.93. The van der Waals surface area contributed by atoms with Gasteiger partial charge in [0.2, 0.25) is 0 Å². The maximum absolute atomic E-state index is 13.4. The van der Waals surface area contributed by atoms with Crippen LogP contribution in [0.3, 0.4) is 0 Å². The molecule has 0 unspecified atom stereocenters. The van der Waals surface area contributed by atoms with Crippen molar-refractivity contribution in [3.8, 4) is 5.75 Å². The van der Waals surface area contributed by atoms with Crippen LogP contribution in [0.15, 0.2) is 70.0 Å². The number of alkyl halides is 3. The second-order valence-electron chi connectivity index (χ2n) is 7.36. The van der Waals surface area contributed by atoms with E-state index in [1.807, 2.05) is 0 Å². The zero-order chi connectivity index (χ0) is 26.1. The topological polar surface area (TPSA) is 93.2 Å². The summed E-state index contributed by atoms with van der Waals surface area (Å²) in [4.78, 5) is 8.55. The zero-order valence-electron chi connectivity index (χ0n) is 18.4. The number of hydrogen-bond donors (Lipinski definition) is 2. The first-order valence-corrected chi connectivity index (χ1v) is 13.0. The number of aromatic nitrogens is 2. The molecule has 0 aliphatic carbocycles. The molecule has 0 aliphatic heterocycles. The molecule has 0 radical (unpaired) electrons. The summed E-state index contributed by atoms with van der Waals surface area (Å²) in [5, 5.41) is 2.67. The van der Waals surface area contributed by atoms with Gasteiger partial charge in [-0.1, -0.05) is 39.7 Å². The Bertz CT molecular complexity index is 1550. The standard InChI is InChI=1S/C23H17BrClF3N4O3S/c1-2-35-19-10-8-14(24)12-20(19)36(33,34)32-22-21(29-16-5-3-4-6-17(16)30-22)31-18-11-13(23(26,27)28)7-9-15(18)25/h3-12H,2H2,1H3,(H,29,31)(H,30,32). The van der Waals surface area contributed by atoms with Crippen molar-refractivity contribution in [1.82, 2.24) is 9.97 Å². The Morgan fingerprint density at radius 3 is 2.31 bits per heavy atom. The molecule has 0 atom stereocenters. The third kappa shape index (κ3) is 5.66. The molecule has 36 heavy (non-hydrogen) atoms. The number of hydrogen-bond acceptors (Lipinski definition) is 6. The maximum atomic E-state index is 13.4. The van der Waals surface area contributed by atoms with Gasteiger partial charge in [0.25, 0.3) is 10.0 Å². The van der Waals surface area contributed by atoms with Crippen molar-refractivity contribution in [3.05, 3.63) is 75.7 Å². The van der Waals surface area contributed by atoms with Crippen molar-refractivity contribution in [2.24, 2.45) is 0 Å². The van der Waals surface area contributed by atoms with Gasteiger partial charge in [0.1, 0.15) is 10.6 Å². The molecule has 0 fully saturated rings. The molecule has 3 aromatic carbocycles. The van der Waals surface area contributed by atoms with Gasteiger partial charge in [0.05, 0.1) is 33.9 Å². The number of para-hydroxylation sites is 2. The average molecular weight is 602 g/mol. The summed E-state index contributed by atoms with van der Waals surface area (Å²) in [5.74, 6) is -0.284. The molecule has 2 N–H and O–H groups in total. The van der Waals surface area contributed by atoms with Gasteiger partial charge in [-0.05, 0) is 55.5 Å². The smallest absolute Gasteiger partial charge is 0.416 e. The number of rotatable bonds is 7. The number of halogens is 5. The highest BCUT2D eigenvalue weighted by Crippen LogP contribution is 2.37. The molecule has 0 saturated heterocycles. The molecule has 4 aromatic rings. The van der Waals surface area contributed by atoms with Crippen LogP contribution in [-0.2, 0) is 16.2 Å². The molecule has 4 rings (SSSR count). The number of anilines is 3. The van der Waals surface area contributed by atoms with E-state index in [4.69, 9.17) is 16.3 Å². The number of ether oxygens (including phenoxy) is 1. The van der Waals surface area contributed by atoms with Gasteiger partial charge in [-0.25, -0.2) is 18.4 Å². The van der Waals surface area contributed by atoms with Gasteiger partial charge >= 0.3 is 6.18 Å². The fourth-order valence-corrected chi connectivity index (χ4v) is 5.09. The van der Waals surface area contributed by atoms with Crippen LogP contribution in [0.4, 0.5) is 30.5 Å². The van der Waals surface area contributed by atoms with Crippen LogP contribution in [0.5, 0.6) is 5.75 Å². The van der Waals surface area contributed by atoms with E-state index in [2.05, 4.69) is 35.9 Å². The van der Waals surface area contributed by atoms with E-state index in [0.717, 1.165) is 18.2 Å². The van der Waals surface area contributed by atoms with Crippen LogP contribution in [0.25, 0.3) is 11.0 Å². The van der Waals surface area contributed by atoms with Crippen molar-refractivity contribution in [2.45, 2.75) is 18.0 Å². The van der Waals surface area contributed by atoms with Crippen LogP contribution in [-0.4, -0.2) is 25.0 Å². The normalized spacial score (nSPS) is 11.9. The van der Waals surface area contributed by atoms with E-state index in [1.165, 1.54) is 12.1 Å². The third-order valence-corrected chi connectivity index (χ3v) is 7.03. The molecule has 0 saturated carbocycles. The van der Waals surface area contributed by atoms with E-state index in [-0.39, 0.29) is 39.6 Å². The van der Waals surface area contributed by atoms with Crippen molar-refractivity contribution in [3.63, 3.8) is 0 Å². The summed E-state index contributed by atoms with van der Waals surface area (Å²) in [6, 6.07) is 13.8. The molecule has 188 valence electrons. The highest BCUT2D eigenvalue weighted by atomic mass is 79.9. The fourth-order valence-electron chi connectivity index (χ4n) is 3.23. The Kier molecular flexibility index (Phi) is 7.30. The Morgan fingerprint density at radius 2 is 1.67 bits per heavy atom. The molecule has 13 heteroatoms. The third-order valence-electron chi connectivity index (χ3n) is 4.84. The minimum absolute atomic E-state index is 0.0302. The highest BCUT2D eigenvalue weighted by Gasteiger charge is 2.31. The number of nitrogens with zero attached hydrogens (tertiary/aromatic N) is 2. The largest absolute Gasteiger partial charge is 0.492 e. The van der Waals surface area contributed by atoms with Gasteiger partial charge < -0.3 is 10.1 Å². The summed E-state index contributed by atoms with van der Waals surface area (Å²) < 4.78 is 74.8. The molecule has 1 heterocycles. The summed E-state index contributed by atoms with van der Waals surface area (Å²) in [6.07, 6.45) is -4.61. The predicted molar refractivity (Wildman–Crippen MR) is 135 cm³/mol. The quantitative estimate of drug-likeness (QED) is 0.237. The molecule has 0 bridgehead atoms. The lowest BCUT2D eigenvalue weighted by molar-refractivity contribution is -0.137. The Balaban J connectivity index is 1.82. The molecule has 0 amide bonds. The van der Waals surface area contributed by atoms with E-state index < -0.39 is 21.8 Å². The number of fused-ring (bicyclic) bond motifs is 1. The minimum atomic E-state index is -4.61. The Morgan fingerprint density at radius 1 is 1.00 bits per heavy atom. The van der Waals surface area contributed by atoms with Crippen LogP contribution in [0, 0.1) is 0 Å². The Labute approximate surface area is 217 Å². The van der Waals surface area contributed by atoms with Crippen molar-refractivity contribution >= 4 is 65.9 Å². The zero-order valence-corrected chi connectivity index (χ0v) is 21.6. The lowest BCUT2D eigenvalue weighted by atomic mass is 10.2. The Hall–Kier alpha value is -3.09. The average Bonchev–Trinajstić information content (AvgIpc) is 2.81. The lowest BCUT2D eigenvalue weighted by Crippen LogP contribution is -2.17. The molecular formula is C23H17BrClF3N4O3S. The predicted octanol–water partition coefficient (Wildman–Crippen LogP) is 7.01. The van der Waals surface area contributed by atoms with E-state index in [1.54, 1.807) is 37.3 Å². The van der Waals surface area contributed by atoms with E-state index in [0.29, 0.717) is 15.5 Å². The lowest BCUT2D eigenvalue weighted by Gasteiger charge is -2.17. The minimum Gasteiger partial charge on any atom is -0.492 e. The molecule has 7 nitrogen and oxygen atoms in total. The molecule has 1 aromatic heterocycles. The first-order chi connectivity index (χ1) is 17.0. The fraction of sp³-hybridized carbons (Fsp3) is 0.130. The van der Waals surface area contributed by atoms with Crippen LogP contribution >= 0.6 is 27.5 Å². The van der Waals surface area contributed by atoms with Crippen LogP contribution in [0.2, 0.25) is 5.02 Å². The number of benzene rings is 3. The van der Waals surface area contributed by atoms with Gasteiger partial charge in [-0.15, -0.1) is 0 Å². The second-order valence-corrected chi connectivity index (χ2v) is 10.3. The highest BCUT2D eigenvalue weighted by molar-refractivity contribution is 9.10. The van der Waals surface area contributed by atoms with Gasteiger partial charge in [0.15, 0.2) is 11.6 Å². The first-order valence-electron chi connectivity index (χ1n) is 10.3. The van der Waals surface area contributed by atoms with Gasteiger partial charge in [-0.3, -0.25) is 4.72 Å². The van der Waals surface area contributed by atoms with Gasteiger partial charge in [-0.2, -0.15) is 13.2 Å². The summed E-state index contributed by atoms with van der Waals surface area (Å²) in [7, 11) is -4.27. The van der Waals surface area contributed by atoms with Crippen molar-refractivity contribution < 1.29 is 26.3 Å². The molecule has 0 aliphatic rings. The second kappa shape index (κ2) is 10.1. The van der Waals surface area contributed by atoms with E-state index in [9.17, 15) is 21.6 Å². The molecule has 0 spiro atoms. The summed E-state index contributed by atoms with van der Waals surface area (Å²) in [5.41, 5.74) is -0.339. The SMILES string of the molecule is CCOc1ccc(Br)cc1S(=O)(=O)Nc1nc2ccccc2nc1Nc1cc(C(F)(F)F)ccc1Cl. The number of nitrogens with one attached hydrogen (secondary N) is 2. The van der Waals surface area contributed by atoms with Crippen molar-refractivity contribution in [1.29, 1.82) is 0 Å². The van der Waals surface area contributed by atoms with Crippen LogP contribution < -0.4 is 14.8 Å². The van der Waals surface area contributed by atoms with E-state index >= 15 is 0 Å². The van der Waals surface area contributed by atoms with Crippen LogP contribution in [0.1, 0.15) is 12.5 Å². The maximum Gasteiger partial charge on any atom is 0.416 e. The van der Waals surface area contributed by atoms with Gasteiger partial charge in [0, 0.05) is 4.47 Å². The monoisotopic (exact) mass is 600 g/mol. The first kappa shape index (κ1) is 26.0. The van der Waals surface area contributed by atoms with Crippen molar-refractivity contribution in [2.75, 3.05) is 16.6 Å². The summed E-state index contributed by atoms with van der Waals surface area (Å²) >= 11 is 9.38.